The van der Waals surface area contributed by atoms with Crippen LogP contribution in [0.15, 0.2) is 18.2 Å². The molecule has 1 fully saturated rings. The topological polar surface area (TPSA) is 54.0 Å². The predicted molar refractivity (Wildman–Crippen MR) is 81.0 cm³/mol. The molecule has 5 heteroatoms. The van der Waals surface area contributed by atoms with Gasteiger partial charge in [0, 0.05) is 25.7 Å². The molecule has 0 spiro atoms. The number of nitrogens with zero attached hydrogens (tertiary/aromatic N) is 1. The Morgan fingerprint density at radius 1 is 1.52 bits per heavy atom. The van der Waals surface area contributed by atoms with Gasteiger partial charge in [-0.15, -0.1) is 0 Å². The van der Waals surface area contributed by atoms with E-state index in [-0.39, 0.29) is 6.04 Å². The van der Waals surface area contributed by atoms with Crippen molar-refractivity contribution in [2.24, 2.45) is 0 Å². The quantitative estimate of drug-likeness (QED) is 0.854. The average Bonchev–Trinajstić information content (AvgIpc) is 2.84. The Hall–Kier alpha value is -1.30. The second kappa shape index (κ2) is 5.83. The zero-order chi connectivity index (χ0) is 14.9. The van der Waals surface area contributed by atoms with E-state index in [9.17, 15) is 5.11 Å². The Morgan fingerprint density at radius 2 is 2.38 bits per heavy atom. The van der Waals surface area contributed by atoms with Crippen molar-refractivity contribution >= 4 is 0 Å². The molecular formula is C16H24N2O3. The van der Waals surface area contributed by atoms with Crippen molar-refractivity contribution in [1.82, 2.24) is 10.2 Å². The Bertz CT molecular complexity index is 508. The van der Waals surface area contributed by atoms with Crippen molar-refractivity contribution in [2.45, 2.75) is 24.5 Å². The maximum atomic E-state index is 10.5. The SMILES string of the molecule is COc1ccc2c(c1)CC(NCC1(O)CCN(C)C1)CO2. The number of likely N-dealkylation sites (tertiary alicyclic amines) is 1. The molecular weight excluding hydrogens is 268 g/mol. The fourth-order valence-corrected chi connectivity index (χ4v) is 3.17. The second-order valence-electron chi connectivity index (χ2n) is 6.28. The Balaban J connectivity index is 1.58. The van der Waals surface area contributed by atoms with Crippen LogP contribution in [-0.2, 0) is 6.42 Å². The zero-order valence-electron chi connectivity index (χ0n) is 12.8. The van der Waals surface area contributed by atoms with Gasteiger partial charge in [0.25, 0.3) is 0 Å². The molecule has 2 aliphatic rings. The van der Waals surface area contributed by atoms with Crippen molar-refractivity contribution < 1.29 is 14.6 Å². The molecule has 1 saturated heterocycles. The van der Waals surface area contributed by atoms with E-state index in [2.05, 4.69) is 10.2 Å². The maximum absolute atomic E-state index is 10.5. The summed E-state index contributed by atoms with van der Waals surface area (Å²) in [5, 5.41) is 14.0. The number of ether oxygens (including phenoxy) is 2. The fourth-order valence-electron chi connectivity index (χ4n) is 3.17. The number of hydrogen-bond acceptors (Lipinski definition) is 5. The van der Waals surface area contributed by atoms with Crippen LogP contribution in [-0.4, -0.2) is 62.0 Å². The number of fused-ring (bicyclic) bond motifs is 1. The number of β-amino-alcohol motifs (C(OH)–C–C–N with tert-alkyl or cyclic N) is 1. The summed E-state index contributed by atoms with van der Waals surface area (Å²) in [6.45, 7) is 2.95. The molecule has 0 aliphatic carbocycles. The van der Waals surface area contributed by atoms with Gasteiger partial charge in [-0.05, 0) is 43.7 Å². The summed E-state index contributed by atoms with van der Waals surface area (Å²) in [5.41, 5.74) is 0.553. The molecule has 0 saturated carbocycles. The van der Waals surface area contributed by atoms with Gasteiger partial charge in [0.15, 0.2) is 0 Å². The van der Waals surface area contributed by atoms with Crippen molar-refractivity contribution in [3.8, 4) is 11.5 Å². The third kappa shape index (κ3) is 3.31. The normalized spacial score (nSPS) is 29.0. The molecule has 2 N–H and O–H groups in total. The van der Waals surface area contributed by atoms with E-state index >= 15 is 0 Å². The third-order valence-corrected chi connectivity index (χ3v) is 4.42. The molecule has 0 radical (unpaired) electrons. The number of nitrogens with one attached hydrogen (secondary N) is 1. The molecule has 21 heavy (non-hydrogen) atoms. The first-order chi connectivity index (χ1) is 10.1. The van der Waals surface area contributed by atoms with Gasteiger partial charge in [0.1, 0.15) is 18.1 Å². The number of methoxy groups -OCH3 is 1. The zero-order valence-corrected chi connectivity index (χ0v) is 12.8. The highest BCUT2D eigenvalue weighted by atomic mass is 16.5. The molecule has 0 aromatic heterocycles. The predicted octanol–water partition coefficient (Wildman–Crippen LogP) is 0.655. The van der Waals surface area contributed by atoms with Crippen LogP contribution in [0.4, 0.5) is 0 Å². The number of rotatable bonds is 4. The molecule has 2 unspecified atom stereocenters. The van der Waals surface area contributed by atoms with Gasteiger partial charge in [-0.2, -0.15) is 0 Å². The Kier molecular flexibility index (Phi) is 4.06. The monoisotopic (exact) mass is 292 g/mol. The molecule has 0 bridgehead atoms. The molecule has 2 aliphatic heterocycles. The number of aliphatic hydroxyl groups is 1. The van der Waals surface area contributed by atoms with Crippen LogP contribution in [0.1, 0.15) is 12.0 Å². The lowest BCUT2D eigenvalue weighted by atomic mass is 9.99. The molecule has 0 amide bonds. The van der Waals surface area contributed by atoms with Crippen LogP contribution < -0.4 is 14.8 Å². The molecule has 3 rings (SSSR count). The highest BCUT2D eigenvalue weighted by molar-refractivity contribution is 5.42. The number of hydrogen-bond donors (Lipinski definition) is 2. The van der Waals surface area contributed by atoms with Gasteiger partial charge >= 0.3 is 0 Å². The van der Waals surface area contributed by atoms with Gasteiger partial charge < -0.3 is 24.8 Å². The molecule has 116 valence electrons. The first kappa shape index (κ1) is 14.6. The van der Waals surface area contributed by atoms with Gasteiger partial charge in [-0.25, -0.2) is 0 Å². The van der Waals surface area contributed by atoms with E-state index in [1.807, 2.05) is 25.2 Å². The van der Waals surface area contributed by atoms with Crippen LogP contribution in [0.25, 0.3) is 0 Å². The number of likely N-dealkylation sites (N-methyl/N-ethyl adjacent to an activating group) is 1. The smallest absolute Gasteiger partial charge is 0.122 e. The van der Waals surface area contributed by atoms with Gasteiger partial charge in [0.05, 0.1) is 12.7 Å². The van der Waals surface area contributed by atoms with E-state index < -0.39 is 5.60 Å². The van der Waals surface area contributed by atoms with Gasteiger partial charge in [-0.1, -0.05) is 0 Å². The first-order valence-corrected chi connectivity index (χ1v) is 7.52. The molecule has 1 aromatic carbocycles. The van der Waals surface area contributed by atoms with E-state index in [0.717, 1.165) is 43.0 Å². The highest BCUT2D eigenvalue weighted by Gasteiger charge is 2.35. The van der Waals surface area contributed by atoms with E-state index in [1.54, 1.807) is 7.11 Å². The molecule has 5 nitrogen and oxygen atoms in total. The average molecular weight is 292 g/mol. The maximum Gasteiger partial charge on any atom is 0.122 e. The summed E-state index contributed by atoms with van der Waals surface area (Å²) in [5.74, 6) is 1.79. The van der Waals surface area contributed by atoms with Gasteiger partial charge in [0.2, 0.25) is 0 Å². The fraction of sp³-hybridized carbons (Fsp3) is 0.625. The van der Waals surface area contributed by atoms with Crippen LogP contribution in [0.2, 0.25) is 0 Å². The van der Waals surface area contributed by atoms with Crippen LogP contribution >= 0.6 is 0 Å². The highest BCUT2D eigenvalue weighted by Crippen LogP contribution is 2.29. The van der Waals surface area contributed by atoms with Crippen LogP contribution in [0.3, 0.4) is 0 Å². The van der Waals surface area contributed by atoms with E-state index in [1.165, 1.54) is 0 Å². The summed E-state index contributed by atoms with van der Waals surface area (Å²) in [7, 11) is 3.72. The molecule has 2 heterocycles. The first-order valence-electron chi connectivity index (χ1n) is 7.52. The summed E-state index contributed by atoms with van der Waals surface area (Å²) < 4.78 is 11.1. The Labute approximate surface area is 125 Å². The van der Waals surface area contributed by atoms with Crippen molar-refractivity contribution in [1.29, 1.82) is 0 Å². The lowest BCUT2D eigenvalue weighted by Gasteiger charge is -2.30. The lowest BCUT2D eigenvalue weighted by molar-refractivity contribution is 0.0462. The standard InChI is InChI=1S/C16H24N2O3/c1-18-6-5-16(19,11-18)10-17-13-7-12-8-14(20-2)3-4-15(12)21-9-13/h3-4,8,13,17,19H,5-7,9-11H2,1-2H3. The minimum atomic E-state index is -0.608. The summed E-state index contributed by atoms with van der Waals surface area (Å²) >= 11 is 0. The van der Waals surface area contributed by atoms with E-state index in [0.29, 0.717) is 13.2 Å². The second-order valence-corrected chi connectivity index (χ2v) is 6.28. The van der Waals surface area contributed by atoms with Crippen molar-refractivity contribution in [3.63, 3.8) is 0 Å². The Morgan fingerprint density at radius 3 is 3.10 bits per heavy atom. The summed E-state index contributed by atoms with van der Waals surface area (Å²) in [6, 6.07) is 6.15. The van der Waals surface area contributed by atoms with Crippen molar-refractivity contribution in [2.75, 3.05) is 40.4 Å². The van der Waals surface area contributed by atoms with Crippen molar-refractivity contribution in [3.05, 3.63) is 23.8 Å². The van der Waals surface area contributed by atoms with E-state index in [4.69, 9.17) is 9.47 Å². The minimum absolute atomic E-state index is 0.236. The van der Waals surface area contributed by atoms with Crippen LogP contribution in [0.5, 0.6) is 11.5 Å². The third-order valence-electron chi connectivity index (χ3n) is 4.42. The van der Waals surface area contributed by atoms with Crippen LogP contribution in [0, 0.1) is 0 Å². The minimum Gasteiger partial charge on any atom is -0.497 e. The summed E-state index contributed by atoms with van der Waals surface area (Å²) in [4.78, 5) is 2.17. The molecule has 2 atom stereocenters. The van der Waals surface area contributed by atoms with Gasteiger partial charge in [-0.3, -0.25) is 0 Å². The summed E-state index contributed by atoms with van der Waals surface area (Å²) in [6.07, 6.45) is 1.73. The molecule has 1 aromatic rings. The lowest BCUT2D eigenvalue weighted by Crippen LogP contribution is -2.49. The largest absolute Gasteiger partial charge is 0.497 e. The number of benzene rings is 1.